The summed E-state index contributed by atoms with van der Waals surface area (Å²) >= 11 is 0. The zero-order valence-electron chi connectivity index (χ0n) is 8.63. The van der Waals surface area contributed by atoms with Crippen LogP contribution in [-0.4, -0.2) is 29.9 Å². The van der Waals surface area contributed by atoms with Crippen molar-refractivity contribution >= 4 is 5.84 Å². The Balaban J connectivity index is 1.77. The first-order chi connectivity index (χ1) is 6.42. The zero-order chi connectivity index (χ0) is 9.10. The van der Waals surface area contributed by atoms with Gasteiger partial charge < -0.3 is 4.90 Å². The second-order valence-corrected chi connectivity index (χ2v) is 4.20. The van der Waals surface area contributed by atoms with Crippen molar-refractivity contribution < 1.29 is 0 Å². The van der Waals surface area contributed by atoms with Gasteiger partial charge in [0.2, 0.25) is 0 Å². The molecule has 2 heterocycles. The van der Waals surface area contributed by atoms with E-state index in [0.717, 1.165) is 12.6 Å². The van der Waals surface area contributed by atoms with E-state index >= 15 is 0 Å². The molecular formula is C11H20N2. The van der Waals surface area contributed by atoms with Gasteiger partial charge in [-0.15, -0.1) is 0 Å². The maximum Gasteiger partial charge on any atom is 0.0993 e. The van der Waals surface area contributed by atoms with Gasteiger partial charge in [0.15, 0.2) is 0 Å². The molecule has 0 saturated carbocycles. The summed E-state index contributed by atoms with van der Waals surface area (Å²) in [6.07, 6.45) is 8.05. The predicted octanol–water partition coefficient (Wildman–Crippen LogP) is 2.44. The Bertz CT molecular complexity index is 198. The zero-order valence-corrected chi connectivity index (χ0v) is 8.63. The Labute approximate surface area is 81.0 Å². The number of aliphatic imine (C=N–C) groups is 1. The molecule has 1 unspecified atom stereocenters. The molecule has 0 spiro atoms. The molecule has 0 N–H and O–H groups in total. The minimum Gasteiger partial charge on any atom is -0.356 e. The van der Waals surface area contributed by atoms with E-state index in [9.17, 15) is 0 Å². The van der Waals surface area contributed by atoms with Crippen molar-refractivity contribution in [3.05, 3.63) is 0 Å². The van der Waals surface area contributed by atoms with Crippen LogP contribution in [0.1, 0.15) is 45.4 Å². The highest BCUT2D eigenvalue weighted by atomic mass is 15.3. The van der Waals surface area contributed by atoms with Crippen molar-refractivity contribution in [1.29, 1.82) is 0 Å². The van der Waals surface area contributed by atoms with Crippen LogP contribution in [0.2, 0.25) is 0 Å². The van der Waals surface area contributed by atoms with Crippen LogP contribution in [0.3, 0.4) is 0 Å². The molecule has 0 aromatic heterocycles. The monoisotopic (exact) mass is 180 g/mol. The number of hydrogen-bond acceptors (Lipinski definition) is 2. The first-order valence-corrected chi connectivity index (χ1v) is 5.72. The second kappa shape index (κ2) is 4.12. The van der Waals surface area contributed by atoms with Gasteiger partial charge in [0.1, 0.15) is 0 Å². The van der Waals surface area contributed by atoms with Gasteiger partial charge in [-0.1, -0.05) is 26.2 Å². The van der Waals surface area contributed by atoms with E-state index in [2.05, 4.69) is 16.8 Å². The Hall–Kier alpha value is -0.530. The molecule has 2 heteroatoms. The van der Waals surface area contributed by atoms with Crippen LogP contribution in [-0.2, 0) is 0 Å². The Morgan fingerprint density at radius 2 is 2.38 bits per heavy atom. The predicted molar refractivity (Wildman–Crippen MR) is 56.2 cm³/mol. The molecule has 2 aliphatic heterocycles. The lowest BCUT2D eigenvalue weighted by Crippen LogP contribution is -2.32. The molecule has 13 heavy (non-hydrogen) atoms. The van der Waals surface area contributed by atoms with Crippen LogP contribution in [0.5, 0.6) is 0 Å². The number of hydrogen-bond donors (Lipinski definition) is 0. The maximum absolute atomic E-state index is 4.60. The lowest BCUT2D eigenvalue weighted by Gasteiger charge is -2.22. The van der Waals surface area contributed by atoms with Crippen LogP contribution < -0.4 is 0 Å². The molecule has 1 fully saturated rings. The summed E-state index contributed by atoms with van der Waals surface area (Å²) in [4.78, 5) is 7.15. The molecule has 0 aromatic carbocycles. The molecule has 1 saturated heterocycles. The van der Waals surface area contributed by atoms with E-state index < -0.39 is 0 Å². The third-order valence-electron chi connectivity index (χ3n) is 3.20. The third-order valence-corrected chi connectivity index (χ3v) is 3.20. The van der Waals surface area contributed by atoms with Gasteiger partial charge in [-0.25, -0.2) is 0 Å². The lowest BCUT2D eigenvalue weighted by atomic mass is 10.1. The standard InChI is InChI=1S/C11H20N2/c1-2-3-4-6-10-9-12-11-7-5-8-13(10)11/h10H,2-9H2,1H3. The van der Waals surface area contributed by atoms with Crippen molar-refractivity contribution in [2.24, 2.45) is 4.99 Å². The Morgan fingerprint density at radius 1 is 1.46 bits per heavy atom. The van der Waals surface area contributed by atoms with Gasteiger partial charge in [-0.2, -0.15) is 0 Å². The highest BCUT2D eigenvalue weighted by molar-refractivity contribution is 5.85. The van der Waals surface area contributed by atoms with Crippen molar-refractivity contribution in [3.63, 3.8) is 0 Å². The van der Waals surface area contributed by atoms with Gasteiger partial charge in [0.05, 0.1) is 12.4 Å². The Morgan fingerprint density at radius 3 is 3.23 bits per heavy atom. The van der Waals surface area contributed by atoms with Gasteiger partial charge in [-0.05, 0) is 12.8 Å². The second-order valence-electron chi connectivity index (χ2n) is 4.20. The van der Waals surface area contributed by atoms with E-state index in [-0.39, 0.29) is 0 Å². The summed E-state index contributed by atoms with van der Waals surface area (Å²) in [5.74, 6) is 1.40. The van der Waals surface area contributed by atoms with E-state index in [1.54, 1.807) is 0 Å². The molecule has 1 atom stereocenters. The molecule has 0 aromatic rings. The smallest absolute Gasteiger partial charge is 0.0993 e. The normalized spacial score (nSPS) is 26.4. The summed E-state index contributed by atoms with van der Waals surface area (Å²) in [6.45, 7) is 4.63. The maximum atomic E-state index is 4.60. The quantitative estimate of drug-likeness (QED) is 0.607. The number of nitrogens with zero attached hydrogens (tertiary/aromatic N) is 2. The van der Waals surface area contributed by atoms with Gasteiger partial charge >= 0.3 is 0 Å². The van der Waals surface area contributed by atoms with Crippen LogP contribution in [0.15, 0.2) is 4.99 Å². The fraction of sp³-hybridized carbons (Fsp3) is 0.909. The van der Waals surface area contributed by atoms with Crippen LogP contribution in [0, 0.1) is 0 Å². The average Bonchev–Trinajstić information content (AvgIpc) is 2.68. The SMILES string of the molecule is CCCCCC1CN=C2CCCN21. The average molecular weight is 180 g/mol. The summed E-state index contributed by atoms with van der Waals surface area (Å²) in [7, 11) is 0. The fourth-order valence-electron chi connectivity index (χ4n) is 2.43. The fourth-order valence-corrected chi connectivity index (χ4v) is 2.43. The molecule has 0 bridgehead atoms. The third kappa shape index (κ3) is 1.87. The van der Waals surface area contributed by atoms with Gasteiger partial charge in [0.25, 0.3) is 0 Å². The molecule has 2 nitrogen and oxygen atoms in total. The topological polar surface area (TPSA) is 15.6 Å². The van der Waals surface area contributed by atoms with Crippen molar-refractivity contribution in [3.8, 4) is 0 Å². The van der Waals surface area contributed by atoms with E-state index in [1.807, 2.05) is 0 Å². The number of amidine groups is 1. The van der Waals surface area contributed by atoms with E-state index in [0.29, 0.717) is 0 Å². The van der Waals surface area contributed by atoms with E-state index in [4.69, 9.17) is 0 Å². The molecular weight excluding hydrogens is 160 g/mol. The van der Waals surface area contributed by atoms with Crippen molar-refractivity contribution in [1.82, 2.24) is 4.90 Å². The van der Waals surface area contributed by atoms with Crippen molar-refractivity contribution in [2.75, 3.05) is 13.1 Å². The minimum atomic E-state index is 0.768. The summed E-state index contributed by atoms with van der Waals surface area (Å²) in [6, 6.07) is 0.768. The number of unbranched alkanes of at least 4 members (excludes halogenated alkanes) is 2. The van der Waals surface area contributed by atoms with Crippen LogP contribution in [0.4, 0.5) is 0 Å². The highest BCUT2D eigenvalue weighted by Crippen LogP contribution is 2.24. The van der Waals surface area contributed by atoms with E-state index in [1.165, 1.54) is 50.9 Å². The molecule has 0 aliphatic carbocycles. The molecule has 74 valence electrons. The molecule has 0 amide bonds. The first kappa shape index (κ1) is 9.04. The summed E-state index contributed by atoms with van der Waals surface area (Å²) < 4.78 is 0. The highest BCUT2D eigenvalue weighted by Gasteiger charge is 2.30. The molecule has 0 radical (unpaired) electrons. The van der Waals surface area contributed by atoms with Crippen molar-refractivity contribution in [2.45, 2.75) is 51.5 Å². The lowest BCUT2D eigenvalue weighted by molar-refractivity contribution is 0.338. The van der Waals surface area contributed by atoms with Gasteiger partial charge in [-0.3, -0.25) is 4.99 Å². The van der Waals surface area contributed by atoms with Gasteiger partial charge in [0, 0.05) is 19.0 Å². The minimum absolute atomic E-state index is 0.768. The van der Waals surface area contributed by atoms with Crippen LogP contribution >= 0.6 is 0 Å². The first-order valence-electron chi connectivity index (χ1n) is 5.72. The van der Waals surface area contributed by atoms with Crippen LogP contribution in [0.25, 0.3) is 0 Å². The number of fused-ring (bicyclic) bond motifs is 1. The summed E-state index contributed by atoms with van der Waals surface area (Å²) in [5.41, 5.74) is 0. The number of rotatable bonds is 4. The molecule has 2 rings (SSSR count). The molecule has 2 aliphatic rings. The Kier molecular flexibility index (Phi) is 2.87. The largest absolute Gasteiger partial charge is 0.356 e. The summed E-state index contributed by atoms with van der Waals surface area (Å²) in [5, 5.41) is 0.